The minimum Gasteiger partial charge on any atom is -0.356 e. The van der Waals surface area contributed by atoms with Crippen LogP contribution in [0.5, 0.6) is 0 Å². The largest absolute Gasteiger partial charge is 0.356 e. The molecule has 3 rings (SSSR count). The molecule has 5 heteroatoms. The quantitative estimate of drug-likeness (QED) is 0.702. The van der Waals surface area contributed by atoms with Crippen LogP contribution < -0.4 is 15.5 Å². The van der Waals surface area contributed by atoms with Crippen molar-refractivity contribution in [2.45, 2.75) is 52.0 Å². The maximum Gasteiger partial charge on any atom is 0.227 e. The maximum atomic E-state index is 12.0. The number of benzene rings is 2. The second-order valence-corrected chi connectivity index (χ2v) is 8.80. The van der Waals surface area contributed by atoms with Crippen molar-refractivity contribution in [3.8, 4) is 0 Å². The number of thiocarbonyl (C=S) groups is 1. The third kappa shape index (κ3) is 4.90. The maximum absolute atomic E-state index is 12.0. The van der Waals surface area contributed by atoms with E-state index in [9.17, 15) is 4.79 Å². The van der Waals surface area contributed by atoms with E-state index in [1.54, 1.807) is 0 Å². The number of hydrogen-bond acceptors (Lipinski definition) is 2. The Kier molecular flexibility index (Phi) is 6.04. The molecule has 148 valence electrons. The SMILES string of the molecule is C[C@@H](NC(=S)Nc1cccc(N2CCCC2=O)c1)c1ccc(C(C)(C)C)cc1. The van der Waals surface area contributed by atoms with E-state index in [1.807, 2.05) is 29.2 Å². The van der Waals surface area contributed by atoms with Crippen LogP contribution in [0.3, 0.4) is 0 Å². The summed E-state index contributed by atoms with van der Waals surface area (Å²) in [4.78, 5) is 13.8. The van der Waals surface area contributed by atoms with E-state index in [1.165, 1.54) is 11.1 Å². The van der Waals surface area contributed by atoms with Crippen LogP contribution in [0.25, 0.3) is 0 Å². The Hall–Kier alpha value is -2.40. The van der Waals surface area contributed by atoms with E-state index in [-0.39, 0.29) is 17.4 Å². The standard InChI is InChI=1S/C23H29N3OS/c1-16(17-10-12-18(13-11-17)23(2,3)4)24-22(28)25-19-7-5-8-20(15-19)26-14-6-9-21(26)27/h5,7-8,10-13,15-16H,6,9,14H2,1-4H3,(H2,24,25,28)/t16-/m1/s1. The van der Waals surface area contributed by atoms with Crippen molar-refractivity contribution in [1.82, 2.24) is 5.32 Å². The molecule has 0 unspecified atom stereocenters. The summed E-state index contributed by atoms with van der Waals surface area (Å²) in [6, 6.07) is 16.6. The van der Waals surface area contributed by atoms with Gasteiger partial charge in [-0.05, 0) is 60.3 Å². The second-order valence-electron chi connectivity index (χ2n) is 8.39. The summed E-state index contributed by atoms with van der Waals surface area (Å²) < 4.78 is 0. The number of nitrogens with one attached hydrogen (secondary N) is 2. The van der Waals surface area contributed by atoms with E-state index in [2.05, 4.69) is 62.6 Å². The topological polar surface area (TPSA) is 44.4 Å². The van der Waals surface area contributed by atoms with Gasteiger partial charge in [-0.1, -0.05) is 51.1 Å². The molecule has 0 bridgehead atoms. The van der Waals surface area contributed by atoms with Gasteiger partial charge in [0.05, 0.1) is 6.04 Å². The normalized spacial score (nSPS) is 15.4. The molecule has 2 aromatic carbocycles. The van der Waals surface area contributed by atoms with Crippen LogP contribution in [-0.2, 0) is 10.2 Å². The molecule has 0 radical (unpaired) electrons. The Morgan fingerprint density at radius 3 is 2.46 bits per heavy atom. The highest BCUT2D eigenvalue weighted by Crippen LogP contribution is 2.25. The van der Waals surface area contributed by atoms with Gasteiger partial charge in [-0.3, -0.25) is 4.79 Å². The van der Waals surface area contributed by atoms with Gasteiger partial charge >= 0.3 is 0 Å². The van der Waals surface area contributed by atoms with E-state index in [0.717, 1.165) is 24.3 Å². The smallest absolute Gasteiger partial charge is 0.227 e. The fourth-order valence-corrected chi connectivity index (χ4v) is 3.69. The Bertz CT molecular complexity index is 855. The molecule has 1 saturated heterocycles. The molecule has 2 aromatic rings. The zero-order valence-electron chi connectivity index (χ0n) is 17.1. The highest BCUT2D eigenvalue weighted by atomic mass is 32.1. The van der Waals surface area contributed by atoms with Crippen LogP contribution in [-0.4, -0.2) is 17.6 Å². The molecule has 28 heavy (non-hydrogen) atoms. The number of anilines is 2. The first-order valence-corrected chi connectivity index (χ1v) is 10.2. The number of amides is 1. The van der Waals surface area contributed by atoms with Crippen molar-refractivity contribution in [2.75, 3.05) is 16.8 Å². The van der Waals surface area contributed by atoms with Gasteiger partial charge in [0.2, 0.25) is 5.91 Å². The summed E-state index contributed by atoms with van der Waals surface area (Å²) in [5, 5.41) is 7.15. The van der Waals surface area contributed by atoms with Crippen LogP contribution in [0.15, 0.2) is 48.5 Å². The number of carbonyl (C=O) groups is 1. The molecule has 0 saturated carbocycles. The zero-order chi connectivity index (χ0) is 20.3. The summed E-state index contributed by atoms with van der Waals surface area (Å²) in [6.07, 6.45) is 1.55. The molecule has 1 heterocycles. The van der Waals surface area contributed by atoms with Crippen molar-refractivity contribution >= 4 is 34.6 Å². The third-order valence-electron chi connectivity index (χ3n) is 5.11. The van der Waals surface area contributed by atoms with Crippen molar-refractivity contribution in [3.05, 3.63) is 59.7 Å². The Labute approximate surface area is 173 Å². The van der Waals surface area contributed by atoms with E-state index in [4.69, 9.17) is 12.2 Å². The lowest BCUT2D eigenvalue weighted by Gasteiger charge is -2.22. The van der Waals surface area contributed by atoms with Gasteiger partial charge in [0.25, 0.3) is 0 Å². The molecule has 2 N–H and O–H groups in total. The van der Waals surface area contributed by atoms with Gasteiger partial charge in [-0.15, -0.1) is 0 Å². The van der Waals surface area contributed by atoms with Gasteiger partial charge in [0.15, 0.2) is 5.11 Å². The van der Waals surface area contributed by atoms with Gasteiger partial charge in [0.1, 0.15) is 0 Å². The molecule has 1 atom stereocenters. The molecule has 0 spiro atoms. The lowest BCUT2D eigenvalue weighted by Crippen LogP contribution is -2.31. The monoisotopic (exact) mass is 395 g/mol. The van der Waals surface area contributed by atoms with Gasteiger partial charge in [-0.25, -0.2) is 0 Å². The minimum atomic E-state index is 0.0948. The van der Waals surface area contributed by atoms with Crippen molar-refractivity contribution in [2.24, 2.45) is 0 Å². The molecule has 0 aromatic heterocycles. The lowest BCUT2D eigenvalue weighted by atomic mass is 9.86. The van der Waals surface area contributed by atoms with Crippen LogP contribution in [0.4, 0.5) is 11.4 Å². The van der Waals surface area contributed by atoms with Gasteiger partial charge in [-0.2, -0.15) is 0 Å². The molecular weight excluding hydrogens is 366 g/mol. The molecule has 1 amide bonds. The van der Waals surface area contributed by atoms with Crippen molar-refractivity contribution < 1.29 is 4.79 Å². The zero-order valence-corrected chi connectivity index (χ0v) is 17.9. The average molecular weight is 396 g/mol. The minimum absolute atomic E-state index is 0.0948. The molecular formula is C23H29N3OS. The Morgan fingerprint density at radius 2 is 1.86 bits per heavy atom. The van der Waals surface area contributed by atoms with Crippen molar-refractivity contribution in [3.63, 3.8) is 0 Å². The number of hydrogen-bond donors (Lipinski definition) is 2. The van der Waals surface area contributed by atoms with E-state index in [0.29, 0.717) is 11.5 Å². The van der Waals surface area contributed by atoms with Crippen LogP contribution >= 0.6 is 12.2 Å². The predicted molar refractivity (Wildman–Crippen MR) is 121 cm³/mol. The molecule has 1 aliphatic heterocycles. The third-order valence-corrected chi connectivity index (χ3v) is 5.33. The first-order valence-electron chi connectivity index (χ1n) is 9.82. The lowest BCUT2D eigenvalue weighted by molar-refractivity contribution is -0.117. The number of nitrogens with zero attached hydrogens (tertiary/aromatic N) is 1. The molecule has 1 aliphatic rings. The van der Waals surface area contributed by atoms with Crippen molar-refractivity contribution in [1.29, 1.82) is 0 Å². The molecule has 4 nitrogen and oxygen atoms in total. The summed E-state index contributed by atoms with van der Waals surface area (Å²) in [6.45, 7) is 9.53. The summed E-state index contributed by atoms with van der Waals surface area (Å²) >= 11 is 5.50. The van der Waals surface area contributed by atoms with Gasteiger partial charge in [0, 0.05) is 24.3 Å². The fraction of sp³-hybridized carbons (Fsp3) is 0.391. The summed E-state index contributed by atoms with van der Waals surface area (Å²) in [5.74, 6) is 0.185. The Morgan fingerprint density at radius 1 is 1.14 bits per heavy atom. The first-order chi connectivity index (χ1) is 13.2. The predicted octanol–water partition coefficient (Wildman–Crippen LogP) is 5.16. The van der Waals surface area contributed by atoms with Gasteiger partial charge < -0.3 is 15.5 Å². The average Bonchev–Trinajstić information content (AvgIpc) is 3.07. The molecule has 0 aliphatic carbocycles. The molecule has 1 fully saturated rings. The van der Waals surface area contributed by atoms with Crippen LogP contribution in [0, 0.1) is 0 Å². The number of rotatable bonds is 4. The summed E-state index contributed by atoms with van der Waals surface area (Å²) in [5.41, 5.74) is 4.45. The van der Waals surface area contributed by atoms with E-state index < -0.39 is 0 Å². The fourth-order valence-electron chi connectivity index (χ4n) is 3.39. The highest BCUT2D eigenvalue weighted by molar-refractivity contribution is 7.80. The van der Waals surface area contributed by atoms with Crippen LogP contribution in [0.1, 0.15) is 57.7 Å². The van der Waals surface area contributed by atoms with E-state index >= 15 is 0 Å². The highest BCUT2D eigenvalue weighted by Gasteiger charge is 2.21. The number of carbonyl (C=O) groups excluding carboxylic acids is 1. The van der Waals surface area contributed by atoms with Crippen LogP contribution in [0.2, 0.25) is 0 Å². The Balaban J connectivity index is 1.61. The second kappa shape index (κ2) is 8.31. The first kappa shape index (κ1) is 20.3. The summed E-state index contributed by atoms with van der Waals surface area (Å²) in [7, 11) is 0.